The minimum absolute atomic E-state index is 0.0717. The number of halogens is 1. The van der Waals surface area contributed by atoms with Crippen molar-refractivity contribution in [3.05, 3.63) is 119 Å². The molecule has 48 heavy (non-hydrogen) atoms. The lowest BCUT2D eigenvalue weighted by molar-refractivity contribution is -0.139. The maximum absolute atomic E-state index is 14.3. The molecule has 2 atom stereocenters. The standard InChI is InChI=1S/C38H39ClN4O5/c1-2-43(29(22-35(40)44)21-25-18-19-26-10-3-4-11-27(26)20-25)38(48)33(15-9-17-36(45)46)41-37(47)31-24-42(34-16-8-6-13-30(31)34)23-28-12-5-7-14-32(28)39/h3-8,10-14,16,18-20,24,29,33H,2,9,15,17,21-23H2,1H3,(H2,40,44)(H,41,47)(H,45,46)/t29-,33-/m0/s1. The number of aliphatic carboxylic acids is 1. The summed E-state index contributed by atoms with van der Waals surface area (Å²) < 4.78 is 1.94. The second-order valence-corrected chi connectivity index (χ2v) is 12.3. The molecular weight excluding hydrogens is 628 g/mol. The average molecular weight is 667 g/mol. The van der Waals surface area contributed by atoms with Gasteiger partial charge >= 0.3 is 5.97 Å². The number of carbonyl (C=O) groups excluding carboxylic acids is 3. The van der Waals surface area contributed by atoms with E-state index in [1.807, 2.05) is 102 Å². The zero-order valence-corrected chi connectivity index (χ0v) is 27.5. The molecular formula is C38H39ClN4O5. The number of amides is 3. The monoisotopic (exact) mass is 666 g/mol. The number of benzene rings is 4. The largest absolute Gasteiger partial charge is 0.481 e. The highest BCUT2D eigenvalue weighted by Crippen LogP contribution is 2.26. The number of hydrogen-bond donors (Lipinski definition) is 3. The Kier molecular flexibility index (Phi) is 11.1. The zero-order valence-electron chi connectivity index (χ0n) is 26.8. The molecule has 0 saturated heterocycles. The maximum atomic E-state index is 14.3. The molecule has 5 aromatic rings. The van der Waals surface area contributed by atoms with Crippen molar-refractivity contribution in [3.8, 4) is 0 Å². The van der Waals surface area contributed by atoms with Crippen molar-refractivity contribution in [2.75, 3.05) is 6.54 Å². The van der Waals surface area contributed by atoms with Crippen molar-refractivity contribution in [1.29, 1.82) is 0 Å². The first kappa shape index (κ1) is 34.2. The van der Waals surface area contributed by atoms with Crippen molar-refractivity contribution >= 4 is 57.0 Å². The molecule has 5 rings (SSSR count). The number of carboxylic acid groups (broad SMARTS) is 1. The summed E-state index contributed by atoms with van der Waals surface area (Å²) in [6, 6.07) is 27.3. The SMILES string of the molecule is CCN(C(=O)[C@H](CCCC(=O)O)NC(=O)c1cn(Cc2ccccc2Cl)c2ccccc12)[C@H](CC(N)=O)Cc1ccc2ccccc2c1. The fraction of sp³-hybridized carbons (Fsp3) is 0.263. The van der Waals surface area contributed by atoms with Gasteiger partial charge in [-0.3, -0.25) is 19.2 Å². The zero-order chi connectivity index (χ0) is 34.2. The van der Waals surface area contributed by atoms with Gasteiger partial charge in [0.15, 0.2) is 0 Å². The van der Waals surface area contributed by atoms with Gasteiger partial charge in [0.05, 0.1) is 5.56 Å². The van der Waals surface area contributed by atoms with E-state index in [2.05, 4.69) is 5.32 Å². The third-order valence-electron chi connectivity index (χ3n) is 8.61. The highest BCUT2D eigenvalue weighted by atomic mass is 35.5. The molecule has 1 heterocycles. The van der Waals surface area contributed by atoms with Gasteiger partial charge in [-0.15, -0.1) is 0 Å². The second-order valence-electron chi connectivity index (χ2n) is 11.9. The molecule has 0 spiro atoms. The highest BCUT2D eigenvalue weighted by molar-refractivity contribution is 6.31. The van der Waals surface area contributed by atoms with E-state index in [9.17, 15) is 24.3 Å². The van der Waals surface area contributed by atoms with Gasteiger partial charge in [-0.25, -0.2) is 0 Å². The summed E-state index contributed by atoms with van der Waals surface area (Å²) in [5, 5.41) is 15.7. The minimum Gasteiger partial charge on any atom is -0.481 e. The highest BCUT2D eigenvalue weighted by Gasteiger charge is 2.32. The van der Waals surface area contributed by atoms with Gasteiger partial charge in [-0.1, -0.05) is 90.5 Å². The number of nitrogens with one attached hydrogen (secondary N) is 1. The molecule has 248 valence electrons. The van der Waals surface area contributed by atoms with Crippen LogP contribution < -0.4 is 11.1 Å². The van der Waals surface area contributed by atoms with Crippen LogP contribution in [0.3, 0.4) is 0 Å². The molecule has 0 bridgehead atoms. The van der Waals surface area contributed by atoms with Crippen LogP contribution in [0.15, 0.2) is 97.2 Å². The number of aromatic nitrogens is 1. The minimum atomic E-state index is -1.03. The number of nitrogens with zero attached hydrogens (tertiary/aromatic N) is 2. The molecule has 0 aliphatic carbocycles. The Morgan fingerprint density at radius 3 is 2.38 bits per heavy atom. The molecule has 4 aromatic carbocycles. The molecule has 4 N–H and O–H groups in total. The summed E-state index contributed by atoms with van der Waals surface area (Å²) >= 11 is 6.44. The first-order valence-corrected chi connectivity index (χ1v) is 16.4. The lowest BCUT2D eigenvalue weighted by Gasteiger charge is -2.34. The van der Waals surface area contributed by atoms with Crippen LogP contribution >= 0.6 is 11.6 Å². The van der Waals surface area contributed by atoms with E-state index in [0.29, 0.717) is 28.9 Å². The van der Waals surface area contributed by atoms with E-state index >= 15 is 0 Å². The van der Waals surface area contributed by atoms with Crippen LogP contribution in [-0.4, -0.2) is 56.9 Å². The Hall–Kier alpha value is -5.15. The molecule has 0 aliphatic heterocycles. The summed E-state index contributed by atoms with van der Waals surface area (Å²) in [5.41, 5.74) is 8.70. The number of carboxylic acids is 1. The van der Waals surface area contributed by atoms with E-state index in [1.165, 1.54) is 0 Å². The molecule has 0 unspecified atom stereocenters. The Labute approximate surface area is 284 Å². The van der Waals surface area contributed by atoms with Crippen LogP contribution in [0.1, 0.15) is 54.1 Å². The van der Waals surface area contributed by atoms with Gasteiger partial charge in [0.2, 0.25) is 11.8 Å². The van der Waals surface area contributed by atoms with Gasteiger partial charge in [-0.2, -0.15) is 0 Å². The van der Waals surface area contributed by atoms with Crippen LogP contribution in [-0.2, 0) is 27.3 Å². The number of fused-ring (bicyclic) bond motifs is 2. The van der Waals surface area contributed by atoms with Gasteiger partial charge in [0, 0.05) is 54.1 Å². The van der Waals surface area contributed by atoms with Gasteiger partial charge in [0.25, 0.3) is 5.91 Å². The number of para-hydroxylation sites is 1. The van der Waals surface area contributed by atoms with Crippen LogP contribution in [0.5, 0.6) is 0 Å². The molecule has 0 saturated carbocycles. The van der Waals surface area contributed by atoms with E-state index < -0.39 is 35.8 Å². The number of primary amides is 1. The number of likely N-dealkylation sites (N-methyl/N-ethyl adjacent to an activating group) is 1. The second kappa shape index (κ2) is 15.6. The van der Waals surface area contributed by atoms with Crippen molar-refractivity contribution in [2.45, 2.75) is 57.7 Å². The first-order valence-electron chi connectivity index (χ1n) is 16.0. The summed E-state index contributed by atoms with van der Waals surface area (Å²) in [6.45, 7) is 2.50. The van der Waals surface area contributed by atoms with E-state index in [0.717, 1.165) is 27.4 Å². The van der Waals surface area contributed by atoms with Crippen molar-refractivity contribution in [2.24, 2.45) is 5.73 Å². The number of nitrogens with two attached hydrogens (primary N) is 1. The predicted octanol–water partition coefficient (Wildman–Crippen LogP) is 6.18. The van der Waals surface area contributed by atoms with Crippen molar-refractivity contribution in [1.82, 2.24) is 14.8 Å². The third kappa shape index (κ3) is 8.22. The Bertz CT molecular complexity index is 1950. The van der Waals surface area contributed by atoms with Crippen molar-refractivity contribution in [3.63, 3.8) is 0 Å². The smallest absolute Gasteiger partial charge is 0.303 e. The van der Waals surface area contributed by atoms with Crippen LogP contribution in [0, 0.1) is 0 Å². The summed E-state index contributed by atoms with van der Waals surface area (Å²) in [6.07, 6.45) is 2.16. The Morgan fingerprint density at radius 1 is 0.938 bits per heavy atom. The quantitative estimate of drug-likeness (QED) is 0.123. The summed E-state index contributed by atoms with van der Waals surface area (Å²) in [5.74, 6) is -2.41. The molecule has 3 amide bonds. The lowest BCUT2D eigenvalue weighted by Crippen LogP contribution is -2.53. The topological polar surface area (TPSA) is 135 Å². The predicted molar refractivity (Wildman–Crippen MR) is 188 cm³/mol. The molecule has 1 aromatic heterocycles. The van der Waals surface area contributed by atoms with E-state index in [4.69, 9.17) is 17.3 Å². The molecule has 0 radical (unpaired) electrons. The Morgan fingerprint density at radius 2 is 1.65 bits per heavy atom. The fourth-order valence-corrected chi connectivity index (χ4v) is 6.47. The number of hydrogen-bond acceptors (Lipinski definition) is 4. The van der Waals surface area contributed by atoms with Gasteiger partial charge in [-0.05, 0) is 60.2 Å². The average Bonchev–Trinajstić information content (AvgIpc) is 3.43. The molecule has 0 fully saturated rings. The van der Waals surface area contributed by atoms with Crippen LogP contribution in [0.4, 0.5) is 0 Å². The number of carbonyl (C=O) groups is 4. The van der Waals surface area contributed by atoms with Crippen molar-refractivity contribution < 1.29 is 24.3 Å². The fourth-order valence-electron chi connectivity index (χ4n) is 6.28. The molecule has 0 aliphatic rings. The van der Waals surface area contributed by atoms with E-state index in [1.54, 1.807) is 11.1 Å². The van der Waals surface area contributed by atoms with Crippen LogP contribution in [0.2, 0.25) is 5.02 Å². The third-order valence-corrected chi connectivity index (χ3v) is 8.97. The molecule has 10 heteroatoms. The van der Waals surface area contributed by atoms with Gasteiger partial charge in [0.1, 0.15) is 6.04 Å². The molecule has 9 nitrogen and oxygen atoms in total. The lowest BCUT2D eigenvalue weighted by atomic mass is 9.97. The number of rotatable bonds is 15. The summed E-state index contributed by atoms with van der Waals surface area (Å²) in [4.78, 5) is 53.5. The van der Waals surface area contributed by atoms with Crippen LogP contribution in [0.25, 0.3) is 21.7 Å². The summed E-state index contributed by atoms with van der Waals surface area (Å²) in [7, 11) is 0. The first-order chi connectivity index (χ1) is 23.1. The van der Waals surface area contributed by atoms with Gasteiger partial charge < -0.3 is 25.6 Å². The Balaban J connectivity index is 1.43. The van der Waals surface area contributed by atoms with E-state index in [-0.39, 0.29) is 32.2 Å². The maximum Gasteiger partial charge on any atom is 0.303 e. The normalized spacial score (nSPS) is 12.5.